The Labute approximate surface area is 169 Å². The maximum Gasteiger partial charge on any atom is 0.296 e. The van der Waals surface area contributed by atoms with Crippen molar-refractivity contribution in [2.75, 3.05) is 7.11 Å². The second-order valence-corrected chi connectivity index (χ2v) is 7.82. The van der Waals surface area contributed by atoms with Gasteiger partial charge in [-0.05, 0) is 56.0 Å². The van der Waals surface area contributed by atoms with E-state index in [2.05, 4.69) is 0 Å². The molecule has 2 aliphatic rings. The summed E-state index contributed by atoms with van der Waals surface area (Å²) >= 11 is 0. The minimum atomic E-state index is -0.737. The molecule has 2 heterocycles. The summed E-state index contributed by atoms with van der Waals surface area (Å²) in [6, 6.07) is 6.40. The Balaban J connectivity index is 1.93. The number of nitrogens with zero attached hydrogens (tertiary/aromatic N) is 1. The van der Waals surface area contributed by atoms with Gasteiger partial charge in [0.2, 0.25) is 0 Å². The number of ether oxygens (including phenoxy) is 1. The maximum atomic E-state index is 13.1. The Morgan fingerprint density at radius 2 is 1.93 bits per heavy atom. The molecular formula is C23H25NO5. The first kappa shape index (κ1) is 19.3. The fourth-order valence-corrected chi connectivity index (χ4v) is 4.68. The second-order valence-electron chi connectivity index (χ2n) is 7.82. The van der Waals surface area contributed by atoms with Crippen molar-refractivity contribution < 1.29 is 23.8 Å². The van der Waals surface area contributed by atoms with Crippen molar-refractivity contribution in [3.63, 3.8) is 0 Å². The molecule has 6 heteroatoms. The van der Waals surface area contributed by atoms with Crippen LogP contribution in [0.5, 0.6) is 5.75 Å². The SMILES string of the molecule is COc1c(C)cc(C)cc1/C(O)=C1/C(=O)C(=O)N(C2CCCC2)C1c1ccco1. The zero-order valence-electron chi connectivity index (χ0n) is 16.9. The molecule has 1 atom stereocenters. The summed E-state index contributed by atoms with van der Waals surface area (Å²) in [5.41, 5.74) is 2.23. The Bertz CT molecular complexity index is 983. The number of rotatable bonds is 4. The number of aliphatic hydroxyl groups excluding tert-OH is 1. The zero-order chi connectivity index (χ0) is 20.7. The average molecular weight is 395 g/mol. The first-order valence-corrected chi connectivity index (χ1v) is 9.93. The molecule has 0 radical (unpaired) electrons. The van der Waals surface area contributed by atoms with Gasteiger partial charge in [0.25, 0.3) is 11.7 Å². The van der Waals surface area contributed by atoms with Crippen molar-refractivity contribution in [2.45, 2.75) is 51.6 Å². The fraction of sp³-hybridized carbons (Fsp3) is 0.391. The molecule has 1 aromatic heterocycles. The van der Waals surface area contributed by atoms with Gasteiger partial charge in [-0.3, -0.25) is 9.59 Å². The number of furan rings is 1. The molecule has 1 amide bonds. The van der Waals surface area contributed by atoms with E-state index in [1.54, 1.807) is 23.1 Å². The highest BCUT2D eigenvalue weighted by Crippen LogP contribution is 2.44. The lowest BCUT2D eigenvalue weighted by Crippen LogP contribution is -2.37. The van der Waals surface area contributed by atoms with Crippen molar-refractivity contribution in [1.82, 2.24) is 4.90 Å². The first-order chi connectivity index (χ1) is 13.9. The molecule has 1 aliphatic carbocycles. The molecule has 29 heavy (non-hydrogen) atoms. The molecule has 6 nitrogen and oxygen atoms in total. The number of hydrogen-bond acceptors (Lipinski definition) is 5. The molecular weight excluding hydrogens is 370 g/mol. The Morgan fingerprint density at radius 3 is 2.55 bits per heavy atom. The van der Waals surface area contributed by atoms with Gasteiger partial charge in [0, 0.05) is 6.04 Å². The number of methoxy groups -OCH3 is 1. The van der Waals surface area contributed by atoms with Crippen molar-refractivity contribution in [3.8, 4) is 5.75 Å². The van der Waals surface area contributed by atoms with E-state index in [1.807, 2.05) is 19.9 Å². The number of benzene rings is 1. The van der Waals surface area contributed by atoms with Gasteiger partial charge in [-0.15, -0.1) is 0 Å². The quantitative estimate of drug-likeness (QED) is 0.475. The standard InChI is InChI=1S/C23H25NO5/c1-13-11-14(2)22(28-3)16(12-13)20(25)18-19(17-9-6-10-29-17)24(23(27)21(18)26)15-7-4-5-8-15/h6,9-12,15,19,25H,4-5,7-8H2,1-3H3/b20-18-. The molecule has 4 rings (SSSR count). The van der Waals surface area contributed by atoms with E-state index in [-0.39, 0.29) is 17.4 Å². The number of carbonyl (C=O) groups is 2. The largest absolute Gasteiger partial charge is 0.507 e. The van der Waals surface area contributed by atoms with Gasteiger partial charge in [0.1, 0.15) is 23.3 Å². The number of Topliss-reactive ketones (excluding diaryl/α,β-unsaturated/α-hetero) is 1. The van der Waals surface area contributed by atoms with E-state index in [4.69, 9.17) is 9.15 Å². The highest BCUT2D eigenvalue weighted by Gasteiger charge is 2.50. The van der Waals surface area contributed by atoms with Crippen molar-refractivity contribution >= 4 is 17.4 Å². The smallest absolute Gasteiger partial charge is 0.296 e. The van der Waals surface area contributed by atoms with Crippen LogP contribution in [0.2, 0.25) is 0 Å². The van der Waals surface area contributed by atoms with Crippen LogP contribution < -0.4 is 4.74 Å². The van der Waals surface area contributed by atoms with Gasteiger partial charge in [-0.25, -0.2) is 0 Å². The van der Waals surface area contributed by atoms with Gasteiger partial charge in [-0.2, -0.15) is 0 Å². The number of aliphatic hydroxyl groups is 1. The maximum absolute atomic E-state index is 13.1. The molecule has 0 spiro atoms. The lowest BCUT2D eigenvalue weighted by Gasteiger charge is -2.29. The first-order valence-electron chi connectivity index (χ1n) is 9.93. The monoisotopic (exact) mass is 395 g/mol. The number of ketones is 1. The summed E-state index contributed by atoms with van der Waals surface area (Å²) in [6.45, 7) is 3.79. The number of carbonyl (C=O) groups excluding carboxylic acids is 2. The van der Waals surface area contributed by atoms with Crippen LogP contribution in [0, 0.1) is 13.8 Å². The highest BCUT2D eigenvalue weighted by atomic mass is 16.5. The summed E-state index contributed by atoms with van der Waals surface area (Å²) in [5, 5.41) is 11.3. The van der Waals surface area contributed by atoms with Crippen LogP contribution >= 0.6 is 0 Å². The van der Waals surface area contributed by atoms with E-state index in [1.165, 1.54) is 13.4 Å². The third-order valence-corrected chi connectivity index (χ3v) is 5.89. The van der Waals surface area contributed by atoms with Gasteiger partial charge in [0.05, 0.1) is 24.5 Å². The number of amides is 1. The van der Waals surface area contributed by atoms with Crippen LogP contribution in [0.3, 0.4) is 0 Å². The van der Waals surface area contributed by atoms with Gasteiger partial charge in [-0.1, -0.05) is 18.9 Å². The molecule has 1 aromatic carbocycles. The molecule has 2 fully saturated rings. The summed E-state index contributed by atoms with van der Waals surface area (Å²) < 4.78 is 11.1. The van der Waals surface area contributed by atoms with Gasteiger partial charge < -0.3 is 19.2 Å². The third kappa shape index (κ3) is 3.12. The Hall–Kier alpha value is -3.02. The van der Waals surface area contributed by atoms with Crippen LogP contribution in [0.25, 0.3) is 5.76 Å². The molecule has 1 unspecified atom stereocenters. The van der Waals surface area contributed by atoms with Gasteiger partial charge in [0.15, 0.2) is 0 Å². The van der Waals surface area contributed by atoms with Crippen LogP contribution in [0.15, 0.2) is 40.5 Å². The number of hydrogen-bond donors (Lipinski definition) is 1. The Morgan fingerprint density at radius 1 is 1.21 bits per heavy atom. The zero-order valence-corrected chi connectivity index (χ0v) is 16.9. The summed E-state index contributed by atoms with van der Waals surface area (Å²) in [7, 11) is 1.52. The highest BCUT2D eigenvalue weighted by molar-refractivity contribution is 6.46. The lowest BCUT2D eigenvalue weighted by atomic mass is 9.96. The van der Waals surface area contributed by atoms with Crippen LogP contribution in [-0.2, 0) is 9.59 Å². The van der Waals surface area contributed by atoms with Crippen molar-refractivity contribution in [3.05, 3.63) is 58.6 Å². The summed E-state index contributed by atoms with van der Waals surface area (Å²) in [4.78, 5) is 27.7. The summed E-state index contributed by atoms with van der Waals surface area (Å²) in [5.74, 6) is -0.534. The number of aryl methyl sites for hydroxylation is 2. The van der Waals surface area contributed by atoms with E-state index in [0.29, 0.717) is 17.1 Å². The third-order valence-electron chi connectivity index (χ3n) is 5.89. The topological polar surface area (TPSA) is 80.0 Å². The van der Waals surface area contributed by atoms with Crippen LogP contribution in [-0.4, -0.2) is 34.8 Å². The molecule has 0 bridgehead atoms. The molecule has 1 saturated carbocycles. The molecule has 1 aliphatic heterocycles. The predicted molar refractivity (Wildman–Crippen MR) is 108 cm³/mol. The predicted octanol–water partition coefficient (Wildman–Crippen LogP) is 4.27. The average Bonchev–Trinajstić information content (AvgIpc) is 3.43. The number of likely N-dealkylation sites (tertiary alicyclic amines) is 1. The molecule has 1 N–H and O–H groups in total. The minimum Gasteiger partial charge on any atom is -0.507 e. The fourth-order valence-electron chi connectivity index (χ4n) is 4.68. The minimum absolute atomic E-state index is 0.0343. The lowest BCUT2D eigenvalue weighted by molar-refractivity contribution is -0.141. The van der Waals surface area contributed by atoms with E-state index < -0.39 is 17.7 Å². The second kappa shape index (κ2) is 7.43. The van der Waals surface area contributed by atoms with Crippen LogP contribution in [0.4, 0.5) is 0 Å². The van der Waals surface area contributed by atoms with Crippen molar-refractivity contribution in [1.29, 1.82) is 0 Å². The van der Waals surface area contributed by atoms with Crippen LogP contribution in [0.1, 0.15) is 54.2 Å². The Kier molecular flexibility index (Phi) is 4.94. The van der Waals surface area contributed by atoms with E-state index in [0.717, 1.165) is 36.8 Å². The molecule has 152 valence electrons. The molecule has 2 aromatic rings. The van der Waals surface area contributed by atoms with E-state index in [9.17, 15) is 14.7 Å². The van der Waals surface area contributed by atoms with Gasteiger partial charge >= 0.3 is 0 Å². The molecule has 1 saturated heterocycles. The normalized spacial score (nSPS) is 21.9. The van der Waals surface area contributed by atoms with Crippen molar-refractivity contribution in [2.24, 2.45) is 0 Å². The summed E-state index contributed by atoms with van der Waals surface area (Å²) in [6.07, 6.45) is 5.24. The van der Waals surface area contributed by atoms with E-state index >= 15 is 0 Å².